The largest absolute Gasteiger partial charge is 0.348 e. The van der Waals surface area contributed by atoms with Gasteiger partial charge in [0.15, 0.2) is 0 Å². The van der Waals surface area contributed by atoms with E-state index < -0.39 is 23.0 Å². The summed E-state index contributed by atoms with van der Waals surface area (Å²) in [7, 11) is 1.85. The van der Waals surface area contributed by atoms with Crippen molar-refractivity contribution in [3.63, 3.8) is 0 Å². The Bertz CT molecular complexity index is 1690. The maximum Gasteiger partial charge on any atom is 0.265 e. The van der Waals surface area contributed by atoms with Crippen LogP contribution >= 0.6 is 0 Å². The van der Waals surface area contributed by atoms with E-state index in [-0.39, 0.29) is 37.4 Å². The number of carbonyl (C=O) groups excluding carboxylic acids is 2. The zero-order valence-electron chi connectivity index (χ0n) is 21.3. The maximum atomic E-state index is 14.0. The van der Waals surface area contributed by atoms with E-state index in [0.717, 1.165) is 11.4 Å². The molecule has 0 unspecified atom stereocenters. The average molecular weight is 516 g/mol. The fourth-order valence-electron chi connectivity index (χ4n) is 4.83. The summed E-state index contributed by atoms with van der Waals surface area (Å²) in [6.07, 6.45) is 2.21. The van der Waals surface area contributed by atoms with Crippen LogP contribution < -0.4 is 10.9 Å². The molecular formula is C27H26FN7O3. The quantitative estimate of drug-likeness (QED) is 0.420. The van der Waals surface area contributed by atoms with Crippen molar-refractivity contribution < 1.29 is 14.0 Å². The monoisotopic (exact) mass is 515 g/mol. The summed E-state index contributed by atoms with van der Waals surface area (Å²) >= 11 is 0. The molecular weight excluding hydrogens is 489 g/mol. The van der Waals surface area contributed by atoms with Crippen LogP contribution in [0.25, 0.3) is 22.1 Å². The molecule has 1 aliphatic rings. The van der Waals surface area contributed by atoms with E-state index in [1.165, 1.54) is 22.5 Å². The number of likely N-dealkylation sites (tertiary alicyclic amines) is 1. The third-order valence-corrected chi connectivity index (χ3v) is 6.82. The number of aryl methyl sites for hydroxylation is 2. The molecule has 11 heteroatoms. The van der Waals surface area contributed by atoms with Gasteiger partial charge in [-0.1, -0.05) is 19.1 Å². The molecule has 0 spiro atoms. The summed E-state index contributed by atoms with van der Waals surface area (Å²) in [6, 6.07) is 10.3. The Balaban J connectivity index is 1.57. The second-order valence-electron chi connectivity index (χ2n) is 9.77. The number of rotatable bonds is 6. The standard InChI is InChI=1S/C27H26FN7O3/c1-4-21-32-20-12-30-24-18(23(20)33(21)3)9-19(25(37)31-11-17-7-5-16(10-29)6-8-17)26(38)35(24)13-22(36)34-14-27(2,28)15-34/h5-9,12H,4,11,13-15H2,1-3H3,(H,31,37). The minimum Gasteiger partial charge on any atom is -0.348 e. The summed E-state index contributed by atoms with van der Waals surface area (Å²) in [4.78, 5) is 50.1. The first kappa shape index (κ1) is 25.1. The average Bonchev–Trinajstić information content (AvgIpc) is 3.23. The number of aromatic nitrogens is 4. The number of fused-ring (bicyclic) bond motifs is 3. The highest BCUT2D eigenvalue weighted by atomic mass is 19.1. The number of nitrogens with one attached hydrogen (secondary N) is 1. The summed E-state index contributed by atoms with van der Waals surface area (Å²) in [5.74, 6) is -0.241. The Kier molecular flexibility index (Phi) is 6.18. The highest BCUT2D eigenvalue weighted by Crippen LogP contribution is 2.26. The van der Waals surface area contributed by atoms with Crippen LogP contribution in [0, 0.1) is 11.3 Å². The van der Waals surface area contributed by atoms with E-state index in [9.17, 15) is 18.8 Å². The van der Waals surface area contributed by atoms with E-state index in [1.807, 2.05) is 24.6 Å². The molecule has 5 rings (SSSR count). The summed E-state index contributed by atoms with van der Waals surface area (Å²) in [5, 5.41) is 12.2. The predicted molar refractivity (Wildman–Crippen MR) is 138 cm³/mol. The molecule has 1 aromatic carbocycles. The summed E-state index contributed by atoms with van der Waals surface area (Å²) in [5.41, 5.74) is 0.519. The molecule has 2 amide bonds. The van der Waals surface area contributed by atoms with Crippen molar-refractivity contribution in [3.05, 3.63) is 69.4 Å². The van der Waals surface area contributed by atoms with Gasteiger partial charge in [-0.3, -0.25) is 19.0 Å². The van der Waals surface area contributed by atoms with Crippen LogP contribution in [-0.2, 0) is 31.4 Å². The molecule has 3 aromatic heterocycles. The molecule has 1 fully saturated rings. The summed E-state index contributed by atoms with van der Waals surface area (Å²) < 4.78 is 17.1. The van der Waals surface area contributed by atoms with Crippen LogP contribution in [0.2, 0.25) is 0 Å². The summed E-state index contributed by atoms with van der Waals surface area (Å²) in [6.45, 7) is 3.05. The van der Waals surface area contributed by atoms with Crippen LogP contribution in [0.5, 0.6) is 0 Å². The molecule has 1 N–H and O–H groups in total. The van der Waals surface area contributed by atoms with Crippen molar-refractivity contribution in [2.45, 2.75) is 39.0 Å². The van der Waals surface area contributed by atoms with Gasteiger partial charge in [-0.25, -0.2) is 14.4 Å². The SMILES string of the molecule is CCc1nc2cnc3c(cc(C(=O)NCc4ccc(C#N)cc4)c(=O)n3CC(=O)N3CC(C)(F)C3)c2n1C. The topological polar surface area (TPSA) is 126 Å². The zero-order chi connectivity index (χ0) is 27.2. The Hall–Kier alpha value is -4.59. The van der Waals surface area contributed by atoms with Crippen LogP contribution in [0.1, 0.15) is 41.2 Å². The third kappa shape index (κ3) is 4.38. The lowest BCUT2D eigenvalue weighted by molar-refractivity contribution is -0.144. The minimum atomic E-state index is -1.45. The van der Waals surface area contributed by atoms with Gasteiger partial charge < -0.3 is 14.8 Å². The van der Waals surface area contributed by atoms with Gasteiger partial charge in [0.1, 0.15) is 34.8 Å². The Morgan fingerprint density at radius 1 is 1.24 bits per heavy atom. The van der Waals surface area contributed by atoms with Crippen molar-refractivity contribution >= 4 is 33.9 Å². The number of hydrogen-bond donors (Lipinski definition) is 1. The first-order valence-corrected chi connectivity index (χ1v) is 12.2. The molecule has 0 radical (unpaired) electrons. The third-order valence-electron chi connectivity index (χ3n) is 6.82. The first-order chi connectivity index (χ1) is 18.1. The lowest BCUT2D eigenvalue weighted by Gasteiger charge is -2.42. The number of hydrogen-bond acceptors (Lipinski definition) is 6. The van der Waals surface area contributed by atoms with Crippen molar-refractivity contribution in [3.8, 4) is 6.07 Å². The maximum absolute atomic E-state index is 14.0. The molecule has 4 heterocycles. The molecule has 4 aromatic rings. The molecule has 38 heavy (non-hydrogen) atoms. The van der Waals surface area contributed by atoms with Gasteiger partial charge in [-0.15, -0.1) is 0 Å². The van der Waals surface area contributed by atoms with Gasteiger partial charge in [0.2, 0.25) is 5.91 Å². The smallest absolute Gasteiger partial charge is 0.265 e. The van der Waals surface area contributed by atoms with E-state index in [2.05, 4.69) is 15.3 Å². The van der Waals surface area contributed by atoms with Gasteiger partial charge in [-0.2, -0.15) is 5.26 Å². The molecule has 1 aliphatic heterocycles. The zero-order valence-corrected chi connectivity index (χ0v) is 21.3. The number of nitriles is 1. The predicted octanol–water partition coefficient (Wildman–Crippen LogP) is 2.22. The van der Waals surface area contributed by atoms with Crippen LogP contribution in [0.4, 0.5) is 4.39 Å². The fourth-order valence-corrected chi connectivity index (χ4v) is 4.83. The lowest BCUT2D eigenvalue weighted by atomic mass is 9.99. The molecule has 0 aliphatic carbocycles. The van der Waals surface area contributed by atoms with E-state index in [1.54, 1.807) is 30.5 Å². The van der Waals surface area contributed by atoms with Gasteiger partial charge in [0.05, 0.1) is 36.4 Å². The van der Waals surface area contributed by atoms with Crippen LogP contribution in [0.15, 0.2) is 41.3 Å². The molecule has 1 saturated heterocycles. The fraction of sp³-hybridized carbons (Fsp3) is 0.333. The van der Waals surface area contributed by atoms with Gasteiger partial charge in [0, 0.05) is 25.4 Å². The minimum absolute atomic E-state index is 0.0530. The number of halogens is 1. The number of amides is 2. The van der Waals surface area contributed by atoms with Crippen molar-refractivity contribution in [1.82, 2.24) is 29.3 Å². The Morgan fingerprint density at radius 3 is 2.58 bits per heavy atom. The van der Waals surface area contributed by atoms with E-state index >= 15 is 0 Å². The number of nitrogens with zero attached hydrogens (tertiary/aromatic N) is 6. The Morgan fingerprint density at radius 2 is 1.95 bits per heavy atom. The van der Waals surface area contributed by atoms with Crippen molar-refractivity contribution in [1.29, 1.82) is 5.26 Å². The van der Waals surface area contributed by atoms with E-state index in [4.69, 9.17) is 5.26 Å². The molecule has 10 nitrogen and oxygen atoms in total. The molecule has 194 valence electrons. The van der Waals surface area contributed by atoms with Gasteiger partial charge in [0.25, 0.3) is 11.5 Å². The second kappa shape index (κ2) is 9.37. The molecule has 0 bridgehead atoms. The van der Waals surface area contributed by atoms with Gasteiger partial charge >= 0.3 is 0 Å². The normalized spacial score (nSPS) is 14.3. The van der Waals surface area contributed by atoms with Crippen LogP contribution in [-0.4, -0.2) is 54.6 Å². The number of pyridine rings is 2. The molecule has 0 saturated carbocycles. The van der Waals surface area contributed by atoms with Crippen molar-refractivity contribution in [2.75, 3.05) is 13.1 Å². The van der Waals surface area contributed by atoms with Gasteiger partial charge in [-0.05, 0) is 30.7 Å². The van der Waals surface area contributed by atoms with E-state index in [0.29, 0.717) is 28.4 Å². The number of alkyl halides is 1. The highest BCUT2D eigenvalue weighted by Gasteiger charge is 2.41. The second-order valence-corrected chi connectivity index (χ2v) is 9.77. The molecule has 0 atom stereocenters. The number of benzene rings is 1. The van der Waals surface area contributed by atoms with Crippen LogP contribution in [0.3, 0.4) is 0 Å². The number of imidazole rings is 1. The Labute approximate surface area is 217 Å². The lowest BCUT2D eigenvalue weighted by Crippen LogP contribution is -2.60. The highest BCUT2D eigenvalue weighted by molar-refractivity contribution is 6.05. The first-order valence-electron chi connectivity index (χ1n) is 12.2. The number of carbonyl (C=O) groups is 2. The van der Waals surface area contributed by atoms with Crippen molar-refractivity contribution in [2.24, 2.45) is 7.05 Å².